The average molecular weight is 261 g/mol. The zero-order valence-corrected chi connectivity index (χ0v) is 10.5. The molecule has 2 aromatic rings. The average Bonchev–Trinajstić information content (AvgIpc) is 2.84. The van der Waals surface area contributed by atoms with Crippen LogP contribution in [-0.2, 0) is 11.2 Å². The number of hydrogen-bond donors (Lipinski definition) is 3. The van der Waals surface area contributed by atoms with Gasteiger partial charge in [-0.05, 0) is 18.1 Å². The van der Waals surface area contributed by atoms with Crippen molar-refractivity contribution in [1.29, 1.82) is 0 Å². The van der Waals surface area contributed by atoms with Crippen LogP contribution in [0, 0.1) is 0 Å². The number of aromatic amines is 1. The van der Waals surface area contributed by atoms with Crippen molar-refractivity contribution in [2.45, 2.75) is 6.42 Å². The molecule has 0 spiro atoms. The quantitative estimate of drug-likeness (QED) is 0.739. The lowest BCUT2D eigenvalue weighted by Gasteiger charge is -2.09. The number of hydrogen-bond acceptors (Lipinski definition) is 5. The van der Waals surface area contributed by atoms with Crippen LogP contribution in [0.2, 0.25) is 0 Å². The highest BCUT2D eigenvalue weighted by Crippen LogP contribution is 2.16. The van der Waals surface area contributed by atoms with Gasteiger partial charge in [-0.15, -0.1) is 5.10 Å². The van der Waals surface area contributed by atoms with Gasteiger partial charge in [-0.1, -0.05) is 18.2 Å². The highest BCUT2D eigenvalue weighted by atomic mass is 16.5. The number of nitrogens with zero attached hydrogens (tertiary/aromatic N) is 2. The smallest absolute Gasteiger partial charge is 0.293 e. The molecule has 0 bridgehead atoms. The Hall–Kier alpha value is -2.41. The number of para-hydroxylation sites is 1. The summed E-state index contributed by atoms with van der Waals surface area (Å²) in [6, 6.07) is 7.51. The molecule has 1 heterocycles. The van der Waals surface area contributed by atoms with E-state index in [1.807, 2.05) is 24.3 Å². The Labute approximate surface area is 110 Å². The molecule has 7 heteroatoms. The summed E-state index contributed by atoms with van der Waals surface area (Å²) in [5.41, 5.74) is 7.07. The fourth-order valence-corrected chi connectivity index (χ4v) is 1.63. The van der Waals surface area contributed by atoms with Gasteiger partial charge in [0.05, 0.1) is 6.61 Å². The number of anilines is 2. The van der Waals surface area contributed by atoms with E-state index < -0.39 is 0 Å². The summed E-state index contributed by atoms with van der Waals surface area (Å²) >= 11 is 0. The molecule has 0 aliphatic heterocycles. The second-order valence-electron chi connectivity index (χ2n) is 3.90. The maximum Gasteiger partial charge on any atom is 0.293 e. The van der Waals surface area contributed by atoms with E-state index in [4.69, 9.17) is 10.5 Å². The number of nitrogen functional groups attached to an aromatic ring is 1. The maximum atomic E-state index is 11.9. The lowest BCUT2D eigenvalue weighted by atomic mass is 10.1. The molecule has 0 unspecified atom stereocenters. The van der Waals surface area contributed by atoms with E-state index in [2.05, 4.69) is 20.5 Å². The molecule has 100 valence electrons. The van der Waals surface area contributed by atoms with E-state index in [1.165, 1.54) is 0 Å². The number of nitrogens with two attached hydrogens (primary N) is 1. The van der Waals surface area contributed by atoms with Crippen molar-refractivity contribution >= 4 is 17.5 Å². The molecule has 4 N–H and O–H groups in total. The van der Waals surface area contributed by atoms with Crippen LogP contribution in [-0.4, -0.2) is 34.8 Å². The van der Waals surface area contributed by atoms with Crippen LogP contribution in [0.15, 0.2) is 24.3 Å². The molecule has 0 fully saturated rings. The topological polar surface area (TPSA) is 106 Å². The zero-order chi connectivity index (χ0) is 13.7. The Morgan fingerprint density at radius 1 is 1.47 bits per heavy atom. The number of H-pyrrole nitrogens is 1. The monoisotopic (exact) mass is 261 g/mol. The van der Waals surface area contributed by atoms with Crippen LogP contribution in [0.5, 0.6) is 0 Å². The summed E-state index contributed by atoms with van der Waals surface area (Å²) in [5.74, 6) is -0.258. The van der Waals surface area contributed by atoms with Gasteiger partial charge in [-0.25, -0.2) is 0 Å². The van der Waals surface area contributed by atoms with Gasteiger partial charge in [0.1, 0.15) is 0 Å². The van der Waals surface area contributed by atoms with Crippen LogP contribution < -0.4 is 11.1 Å². The van der Waals surface area contributed by atoms with Crippen molar-refractivity contribution in [3.63, 3.8) is 0 Å². The van der Waals surface area contributed by atoms with Crippen molar-refractivity contribution in [3.05, 3.63) is 35.7 Å². The standard InChI is InChI=1S/C12H15N5O2/c1-19-7-6-8-4-2-3-5-9(8)14-11(18)10-15-12(13)17-16-10/h2-5H,6-7H2,1H3,(H,14,18)(H3,13,15,16,17). The molecule has 0 saturated heterocycles. The van der Waals surface area contributed by atoms with Gasteiger partial charge < -0.3 is 15.8 Å². The van der Waals surface area contributed by atoms with Gasteiger partial charge >= 0.3 is 0 Å². The number of rotatable bonds is 5. The minimum Gasteiger partial charge on any atom is -0.384 e. The number of carbonyl (C=O) groups is 1. The number of nitrogens with one attached hydrogen (secondary N) is 2. The van der Waals surface area contributed by atoms with Gasteiger partial charge in [0.2, 0.25) is 11.8 Å². The van der Waals surface area contributed by atoms with Gasteiger partial charge in [-0.2, -0.15) is 4.98 Å². The van der Waals surface area contributed by atoms with Gasteiger partial charge in [0, 0.05) is 12.8 Å². The lowest BCUT2D eigenvalue weighted by Crippen LogP contribution is -2.15. The minimum absolute atomic E-state index is 0.0396. The van der Waals surface area contributed by atoms with Crippen molar-refractivity contribution in [2.24, 2.45) is 0 Å². The number of benzene rings is 1. The number of carbonyl (C=O) groups excluding carboxylic acids is 1. The third kappa shape index (κ3) is 3.29. The van der Waals surface area contributed by atoms with Crippen molar-refractivity contribution in [2.75, 3.05) is 24.8 Å². The molecule has 0 saturated carbocycles. The van der Waals surface area contributed by atoms with Crippen LogP contribution in [0.3, 0.4) is 0 Å². The van der Waals surface area contributed by atoms with Crippen molar-refractivity contribution < 1.29 is 9.53 Å². The third-order valence-corrected chi connectivity index (χ3v) is 2.56. The molecule has 0 aliphatic rings. The van der Waals surface area contributed by atoms with Crippen LogP contribution >= 0.6 is 0 Å². The predicted octanol–water partition coefficient (Wildman–Crippen LogP) is 0.828. The molecular formula is C12H15N5O2. The first kappa shape index (κ1) is 13.0. The summed E-state index contributed by atoms with van der Waals surface area (Å²) < 4.78 is 5.04. The molecule has 1 aromatic heterocycles. The van der Waals surface area contributed by atoms with E-state index in [9.17, 15) is 4.79 Å². The molecule has 1 amide bonds. The summed E-state index contributed by atoms with van der Waals surface area (Å²) in [6.45, 7) is 0.585. The van der Waals surface area contributed by atoms with Crippen LogP contribution in [0.1, 0.15) is 16.2 Å². The Bertz CT molecular complexity index is 567. The molecule has 1 aromatic carbocycles. The first-order valence-electron chi connectivity index (χ1n) is 5.77. The van der Waals surface area contributed by atoms with Crippen LogP contribution in [0.25, 0.3) is 0 Å². The normalized spacial score (nSPS) is 10.4. The number of methoxy groups -OCH3 is 1. The summed E-state index contributed by atoms with van der Waals surface area (Å²) in [7, 11) is 1.64. The van der Waals surface area contributed by atoms with E-state index in [1.54, 1.807) is 7.11 Å². The Kier molecular flexibility index (Phi) is 4.09. The predicted molar refractivity (Wildman–Crippen MR) is 70.8 cm³/mol. The summed E-state index contributed by atoms with van der Waals surface area (Å²) in [4.78, 5) is 15.7. The summed E-state index contributed by atoms with van der Waals surface area (Å²) in [5, 5.41) is 8.84. The molecule has 2 rings (SSSR count). The first-order chi connectivity index (χ1) is 9.20. The highest BCUT2D eigenvalue weighted by Gasteiger charge is 2.12. The fraction of sp³-hybridized carbons (Fsp3) is 0.250. The first-order valence-corrected chi connectivity index (χ1v) is 5.77. The van der Waals surface area contributed by atoms with E-state index in [0.717, 1.165) is 11.3 Å². The van der Waals surface area contributed by atoms with Gasteiger partial charge in [0.15, 0.2) is 0 Å². The third-order valence-electron chi connectivity index (χ3n) is 2.56. The van der Waals surface area contributed by atoms with E-state index in [-0.39, 0.29) is 17.7 Å². The second-order valence-corrected chi connectivity index (χ2v) is 3.90. The SMILES string of the molecule is COCCc1ccccc1NC(=O)c1nc(N)n[nH]1. The molecule has 19 heavy (non-hydrogen) atoms. The highest BCUT2D eigenvalue weighted by molar-refractivity contribution is 6.02. The molecular weight excluding hydrogens is 246 g/mol. The van der Waals surface area contributed by atoms with Crippen molar-refractivity contribution in [1.82, 2.24) is 15.2 Å². The number of aromatic nitrogens is 3. The second kappa shape index (κ2) is 5.96. The lowest BCUT2D eigenvalue weighted by molar-refractivity contribution is 0.101. The zero-order valence-electron chi connectivity index (χ0n) is 10.5. The molecule has 0 atom stereocenters. The fourth-order valence-electron chi connectivity index (χ4n) is 1.63. The van der Waals surface area contributed by atoms with E-state index in [0.29, 0.717) is 13.0 Å². The molecule has 7 nitrogen and oxygen atoms in total. The molecule has 0 radical (unpaired) electrons. The minimum atomic E-state index is -0.380. The van der Waals surface area contributed by atoms with Crippen LogP contribution in [0.4, 0.5) is 11.6 Å². The Morgan fingerprint density at radius 3 is 2.95 bits per heavy atom. The maximum absolute atomic E-state index is 11.9. The Morgan fingerprint density at radius 2 is 2.26 bits per heavy atom. The number of ether oxygens (including phenoxy) is 1. The van der Waals surface area contributed by atoms with Gasteiger partial charge in [-0.3, -0.25) is 9.89 Å². The van der Waals surface area contributed by atoms with Crippen molar-refractivity contribution in [3.8, 4) is 0 Å². The Balaban J connectivity index is 2.12. The van der Waals surface area contributed by atoms with Gasteiger partial charge in [0.25, 0.3) is 5.91 Å². The molecule has 0 aliphatic carbocycles. The largest absolute Gasteiger partial charge is 0.384 e. The van der Waals surface area contributed by atoms with E-state index >= 15 is 0 Å². The summed E-state index contributed by atoms with van der Waals surface area (Å²) in [6.07, 6.45) is 0.714. The number of amides is 1.